The fourth-order valence-corrected chi connectivity index (χ4v) is 3.72. The maximum absolute atomic E-state index is 5.58. The summed E-state index contributed by atoms with van der Waals surface area (Å²) in [5, 5.41) is 3.55. The molecule has 1 saturated carbocycles. The molecular weight excluding hydrogens is 224 g/mol. The molecular formula is C15H30N2O. The van der Waals surface area contributed by atoms with Crippen molar-refractivity contribution in [2.45, 2.75) is 58.2 Å². The molecule has 0 aromatic rings. The maximum Gasteiger partial charge on any atom is 0.0619 e. The molecule has 106 valence electrons. The van der Waals surface area contributed by atoms with Crippen LogP contribution in [-0.4, -0.2) is 49.8 Å². The molecule has 1 aliphatic heterocycles. The summed E-state index contributed by atoms with van der Waals surface area (Å²) in [5.41, 5.74) is 0. The van der Waals surface area contributed by atoms with Gasteiger partial charge in [0.25, 0.3) is 0 Å². The summed E-state index contributed by atoms with van der Waals surface area (Å²) in [6.07, 6.45) is 4.07. The highest BCUT2D eigenvalue weighted by Gasteiger charge is 2.37. The van der Waals surface area contributed by atoms with Crippen LogP contribution in [0.1, 0.15) is 40.0 Å². The SMILES string of the molecule is CNC1CCC(C(C)C)CC1N1CCOCC1C. The summed E-state index contributed by atoms with van der Waals surface area (Å²) >= 11 is 0. The smallest absolute Gasteiger partial charge is 0.0619 e. The van der Waals surface area contributed by atoms with Crippen molar-refractivity contribution in [1.29, 1.82) is 0 Å². The number of morpholine rings is 1. The second-order valence-electron chi connectivity index (χ2n) is 6.44. The predicted octanol–water partition coefficient (Wildman–Crippen LogP) is 2.12. The van der Waals surface area contributed by atoms with Crippen molar-refractivity contribution in [3.8, 4) is 0 Å². The number of rotatable bonds is 3. The third-order valence-electron chi connectivity index (χ3n) is 5.02. The molecule has 2 rings (SSSR count). The largest absolute Gasteiger partial charge is 0.379 e. The molecule has 0 amide bonds. The number of nitrogens with one attached hydrogen (secondary N) is 1. The Kier molecular flexibility index (Phi) is 5.05. The Bertz CT molecular complexity index is 257. The Morgan fingerprint density at radius 1 is 1.28 bits per heavy atom. The lowest BCUT2D eigenvalue weighted by Crippen LogP contribution is -2.58. The molecule has 1 saturated heterocycles. The van der Waals surface area contributed by atoms with Crippen LogP contribution in [-0.2, 0) is 4.74 Å². The summed E-state index contributed by atoms with van der Waals surface area (Å²) in [4.78, 5) is 2.69. The van der Waals surface area contributed by atoms with Crippen molar-refractivity contribution in [3.63, 3.8) is 0 Å². The molecule has 1 heterocycles. The highest BCUT2D eigenvalue weighted by Crippen LogP contribution is 2.33. The van der Waals surface area contributed by atoms with E-state index in [9.17, 15) is 0 Å². The van der Waals surface area contributed by atoms with Gasteiger partial charge in [0.05, 0.1) is 13.2 Å². The van der Waals surface area contributed by atoms with Gasteiger partial charge in [-0.25, -0.2) is 0 Å². The molecule has 0 aromatic carbocycles. The van der Waals surface area contributed by atoms with Crippen molar-refractivity contribution in [2.24, 2.45) is 11.8 Å². The monoisotopic (exact) mass is 254 g/mol. The van der Waals surface area contributed by atoms with E-state index in [1.54, 1.807) is 0 Å². The van der Waals surface area contributed by atoms with Crippen LogP contribution in [0, 0.1) is 11.8 Å². The fraction of sp³-hybridized carbons (Fsp3) is 1.00. The van der Waals surface area contributed by atoms with Gasteiger partial charge in [0.15, 0.2) is 0 Å². The average Bonchev–Trinajstić information content (AvgIpc) is 2.38. The van der Waals surface area contributed by atoms with Crippen LogP contribution < -0.4 is 5.32 Å². The first-order valence-corrected chi connectivity index (χ1v) is 7.64. The first kappa shape index (κ1) is 14.3. The lowest BCUT2D eigenvalue weighted by molar-refractivity contribution is -0.0440. The van der Waals surface area contributed by atoms with E-state index in [0.717, 1.165) is 31.6 Å². The summed E-state index contributed by atoms with van der Waals surface area (Å²) in [6.45, 7) is 9.98. The number of hydrogen-bond donors (Lipinski definition) is 1. The minimum absolute atomic E-state index is 0.575. The Morgan fingerprint density at radius 2 is 2.06 bits per heavy atom. The minimum Gasteiger partial charge on any atom is -0.379 e. The summed E-state index contributed by atoms with van der Waals surface area (Å²) in [6, 6.07) is 1.95. The molecule has 4 unspecified atom stereocenters. The van der Waals surface area contributed by atoms with Gasteiger partial charge in [-0.05, 0) is 45.1 Å². The molecule has 0 radical (unpaired) electrons. The van der Waals surface area contributed by atoms with Crippen LogP contribution in [0.25, 0.3) is 0 Å². The third kappa shape index (κ3) is 3.06. The third-order valence-corrected chi connectivity index (χ3v) is 5.02. The highest BCUT2D eigenvalue weighted by atomic mass is 16.5. The van der Waals surface area contributed by atoms with Gasteiger partial charge in [-0.3, -0.25) is 4.90 Å². The van der Waals surface area contributed by atoms with E-state index >= 15 is 0 Å². The predicted molar refractivity (Wildman–Crippen MR) is 75.8 cm³/mol. The molecule has 1 aliphatic carbocycles. The van der Waals surface area contributed by atoms with Crippen LogP contribution in [0.15, 0.2) is 0 Å². The zero-order valence-corrected chi connectivity index (χ0v) is 12.5. The average molecular weight is 254 g/mol. The van der Waals surface area contributed by atoms with E-state index in [0.29, 0.717) is 18.1 Å². The molecule has 1 N–H and O–H groups in total. The van der Waals surface area contributed by atoms with Crippen LogP contribution >= 0.6 is 0 Å². The summed E-state index contributed by atoms with van der Waals surface area (Å²) < 4.78 is 5.58. The second kappa shape index (κ2) is 6.36. The van der Waals surface area contributed by atoms with Crippen molar-refractivity contribution < 1.29 is 4.74 Å². The van der Waals surface area contributed by atoms with E-state index in [1.807, 2.05) is 0 Å². The van der Waals surface area contributed by atoms with E-state index in [-0.39, 0.29) is 0 Å². The second-order valence-corrected chi connectivity index (χ2v) is 6.44. The first-order chi connectivity index (χ1) is 8.63. The zero-order valence-electron chi connectivity index (χ0n) is 12.5. The molecule has 0 bridgehead atoms. The molecule has 3 nitrogen and oxygen atoms in total. The van der Waals surface area contributed by atoms with Crippen LogP contribution in [0.4, 0.5) is 0 Å². The van der Waals surface area contributed by atoms with E-state index < -0.39 is 0 Å². The van der Waals surface area contributed by atoms with Gasteiger partial charge in [0.1, 0.15) is 0 Å². The zero-order chi connectivity index (χ0) is 13.1. The lowest BCUT2D eigenvalue weighted by Gasteiger charge is -2.47. The van der Waals surface area contributed by atoms with Gasteiger partial charge in [0.2, 0.25) is 0 Å². The minimum atomic E-state index is 0.575. The number of ether oxygens (including phenoxy) is 1. The number of hydrogen-bond acceptors (Lipinski definition) is 3. The Labute approximate surface area is 112 Å². The first-order valence-electron chi connectivity index (χ1n) is 7.64. The summed E-state index contributed by atoms with van der Waals surface area (Å²) in [7, 11) is 2.12. The Balaban J connectivity index is 2.05. The van der Waals surface area contributed by atoms with E-state index in [2.05, 4.69) is 38.0 Å². The number of nitrogens with zero attached hydrogens (tertiary/aromatic N) is 1. The standard InChI is InChI=1S/C15H30N2O/c1-11(2)13-5-6-14(16-4)15(9-13)17-7-8-18-10-12(17)3/h11-16H,5-10H2,1-4H3. The molecule has 0 spiro atoms. The lowest BCUT2D eigenvalue weighted by atomic mass is 9.76. The fourth-order valence-electron chi connectivity index (χ4n) is 3.72. The van der Waals surface area contributed by atoms with E-state index in [1.165, 1.54) is 19.3 Å². The molecule has 3 heteroatoms. The summed E-state index contributed by atoms with van der Waals surface area (Å²) in [5.74, 6) is 1.72. The molecule has 0 aromatic heterocycles. The van der Waals surface area contributed by atoms with Gasteiger partial charge >= 0.3 is 0 Å². The number of likely N-dealkylation sites (N-methyl/N-ethyl adjacent to an activating group) is 1. The molecule has 2 aliphatic rings. The van der Waals surface area contributed by atoms with Gasteiger partial charge in [-0.15, -0.1) is 0 Å². The highest BCUT2D eigenvalue weighted by molar-refractivity contribution is 4.93. The maximum atomic E-state index is 5.58. The van der Waals surface area contributed by atoms with Crippen molar-refractivity contribution >= 4 is 0 Å². The van der Waals surface area contributed by atoms with Gasteiger partial charge in [-0.2, -0.15) is 0 Å². The Morgan fingerprint density at radius 3 is 2.67 bits per heavy atom. The van der Waals surface area contributed by atoms with Gasteiger partial charge < -0.3 is 10.1 Å². The van der Waals surface area contributed by atoms with Crippen molar-refractivity contribution in [1.82, 2.24) is 10.2 Å². The van der Waals surface area contributed by atoms with Crippen LogP contribution in [0.5, 0.6) is 0 Å². The molecule has 4 atom stereocenters. The van der Waals surface area contributed by atoms with Gasteiger partial charge in [-0.1, -0.05) is 13.8 Å². The quantitative estimate of drug-likeness (QED) is 0.835. The Hall–Kier alpha value is -0.120. The van der Waals surface area contributed by atoms with Crippen molar-refractivity contribution in [3.05, 3.63) is 0 Å². The molecule has 2 fully saturated rings. The normalized spacial score (nSPS) is 39.2. The van der Waals surface area contributed by atoms with Gasteiger partial charge in [0, 0.05) is 24.7 Å². The van der Waals surface area contributed by atoms with Crippen molar-refractivity contribution in [2.75, 3.05) is 26.8 Å². The van der Waals surface area contributed by atoms with E-state index in [4.69, 9.17) is 4.74 Å². The topological polar surface area (TPSA) is 24.5 Å². The van der Waals surface area contributed by atoms with Crippen LogP contribution in [0.2, 0.25) is 0 Å². The molecule has 18 heavy (non-hydrogen) atoms. The van der Waals surface area contributed by atoms with Crippen LogP contribution in [0.3, 0.4) is 0 Å².